The fourth-order valence-corrected chi connectivity index (χ4v) is 3.17. The molecule has 2 heterocycles. The number of fused-ring (bicyclic) bond motifs is 1. The highest BCUT2D eigenvalue weighted by Crippen LogP contribution is 2.38. The highest BCUT2D eigenvalue weighted by molar-refractivity contribution is 7.12. The van der Waals surface area contributed by atoms with E-state index in [2.05, 4.69) is 0 Å². The number of hydrogen-bond donors (Lipinski definition) is 1. The van der Waals surface area contributed by atoms with Crippen molar-refractivity contribution in [3.05, 3.63) is 52.2 Å². The maximum absolute atomic E-state index is 12.5. The second kappa shape index (κ2) is 4.47. The molecule has 1 atom stereocenters. The Morgan fingerprint density at radius 3 is 2.84 bits per heavy atom. The molecule has 1 aliphatic heterocycles. The molecule has 4 heteroatoms. The molecule has 3 nitrogen and oxygen atoms in total. The Labute approximate surface area is 116 Å². The Bertz CT molecular complexity index is 604. The van der Waals surface area contributed by atoms with E-state index in [1.807, 2.05) is 41.8 Å². The first-order valence-corrected chi connectivity index (χ1v) is 7.15. The summed E-state index contributed by atoms with van der Waals surface area (Å²) in [5, 5.41) is 12.3. The number of thiophene rings is 1. The number of carbonyl (C=O) groups is 1. The standard InChI is InChI=1S/C15H15NO2S/c1-15(18)8-9-16(12-6-3-2-5-11(12)15)14(17)13-7-4-10-19-13/h2-7,10,18H,8-9H2,1H3. The first kappa shape index (κ1) is 12.4. The van der Waals surface area contributed by atoms with E-state index in [9.17, 15) is 9.90 Å². The minimum absolute atomic E-state index is 0.0120. The van der Waals surface area contributed by atoms with Crippen LogP contribution in [0.2, 0.25) is 0 Å². The lowest BCUT2D eigenvalue weighted by atomic mass is 9.87. The van der Waals surface area contributed by atoms with E-state index in [0.717, 1.165) is 16.1 Å². The lowest BCUT2D eigenvalue weighted by Crippen LogP contribution is -2.41. The summed E-state index contributed by atoms with van der Waals surface area (Å²) in [6.07, 6.45) is 0.557. The van der Waals surface area contributed by atoms with E-state index in [4.69, 9.17) is 0 Å². The molecule has 1 aliphatic rings. The van der Waals surface area contributed by atoms with Gasteiger partial charge >= 0.3 is 0 Å². The molecule has 0 bridgehead atoms. The molecule has 0 radical (unpaired) electrons. The molecule has 0 saturated heterocycles. The van der Waals surface area contributed by atoms with Crippen LogP contribution in [0.3, 0.4) is 0 Å². The Kier molecular flexibility index (Phi) is 2.92. The molecular formula is C15H15NO2S. The van der Waals surface area contributed by atoms with Gasteiger partial charge in [0.2, 0.25) is 0 Å². The largest absolute Gasteiger partial charge is 0.385 e. The molecule has 2 aromatic rings. The summed E-state index contributed by atoms with van der Waals surface area (Å²) >= 11 is 1.45. The third kappa shape index (κ3) is 2.07. The van der Waals surface area contributed by atoms with E-state index in [1.54, 1.807) is 11.8 Å². The zero-order valence-electron chi connectivity index (χ0n) is 10.7. The van der Waals surface area contributed by atoms with Gasteiger partial charge in [0.25, 0.3) is 5.91 Å². The fourth-order valence-electron chi connectivity index (χ4n) is 2.49. The highest BCUT2D eigenvalue weighted by Gasteiger charge is 2.35. The van der Waals surface area contributed by atoms with Crippen LogP contribution in [-0.4, -0.2) is 17.6 Å². The minimum Gasteiger partial charge on any atom is -0.385 e. The molecule has 1 aromatic heterocycles. The fraction of sp³-hybridized carbons (Fsp3) is 0.267. The van der Waals surface area contributed by atoms with Gasteiger partial charge in [0.1, 0.15) is 0 Å². The molecule has 1 unspecified atom stereocenters. The van der Waals surface area contributed by atoms with Gasteiger partial charge in [-0.1, -0.05) is 24.3 Å². The number of amides is 1. The van der Waals surface area contributed by atoms with Gasteiger partial charge in [-0.2, -0.15) is 0 Å². The Morgan fingerprint density at radius 1 is 1.32 bits per heavy atom. The van der Waals surface area contributed by atoms with Gasteiger partial charge in [0.05, 0.1) is 16.2 Å². The third-order valence-corrected chi connectivity index (χ3v) is 4.43. The summed E-state index contributed by atoms with van der Waals surface area (Å²) in [4.78, 5) is 15.0. The van der Waals surface area contributed by atoms with Crippen LogP contribution in [0.4, 0.5) is 5.69 Å². The van der Waals surface area contributed by atoms with Crippen LogP contribution < -0.4 is 4.90 Å². The Hall–Kier alpha value is -1.65. The second-order valence-corrected chi connectivity index (χ2v) is 5.92. The average molecular weight is 273 g/mol. The Morgan fingerprint density at radius 2 is 2.11 bits per heavy atom. The van der Waals surface area contributed by atoms with Crippen molar-refractivity contribution < 1.29 is 9.90 Å². The predicted octanol–water partition coefficient (Wildman–Crippen LogP) is 3.01. The Balaban J connectivity index is 2.04. The van der Waals surface area contributed by atoms with Crippen molar-refractivity contribution in [3.8, 4) is 0 Å². The summed E-state index contributed by atoms with van der Waals surface area (Å²) in [6.45, 7) is 2.35. The monoisotopic (exact) mass is 273 g/mol. The number of rotatable bonds is 1. The van der Waals surface area contributed by atoms with Gasteiger partial charge < -0.3 is 10.0 Å². The molecule has 0 saturated carbocycles. The number of nitrogens with zero attached hydrogens (tertiary/aromatic N) is 1. The molecule has 0 aliphatic carbocycles. The van der Waals surface area contributed by atoms with Crippen molar-refractivity contribution in [2.45, 2.75) is 18.9 Å². The van der Waals surface area contributed by atoms with Crippen LogP contribution in [-0.2, 0) is 5.60 Å². The van der Waals surface area contributed by atoms with Crippen molar-refractivity contribution in [3.63, 3.8) is 0 Å². The second-order valence-electron chi connectivity index (χ2n) is 4.98. The van der Waals surface area contributed by atoms with Gasteiger partial charge in [-0.25, -0.2) is 0 Å². The van der Waals surface area contributed by atoms with Crippen LogP contribution in [0, 0.1) is 0 Å². The molecule has 1 amide bonds. The summed E-state index contributed by atoms with van der Waals surface area (Å²) in [5.74, 6) is 0.0120. The molecule has 1 aromatic carbocycles. The van der Waals surface area contributed by atoms with Crippen LogP contribution in [0.15, 0.2) is 41.8 Å². The molecule has 98 valence electrons. The molecule has 0 spiro atoms. The van der Waals surface area contributed by atoms with E-state index >= 15 is 0 Å². The summed E-state index contributed by atoms with van der Waals surface area (Å²) in [7, 11) is 0. The number of para-hydroxylation sites is 1. The van der Waals surface area contributed by atoms with Gasteiger partial charge in [0.15, 0.2) is 0 Å². The minimum atomic E-state index is -0.858. The van der Waals surface area contributed by atoms with Crippen molar-refractivity contribution >= 4 is 22.9 Å². The van der Waals surface area contributed by atoms with Gasteiger partial charge in [0, 0.05) is 12.1 Å². The summed E-state index contributed by atoms with van der Waals surface area (Å²) in [5.41, 5.74) is 0.784. The quantitative estimate of drug-likeness (QED) is 0.867. The number of anilines is 1. The van der Waals surface area contributed by atoms with Crippen LogP contribution >= 0.6 is 11.3 Å². The van der Waals surface area contributed by atoms with Gasteiger partial charge in [-0.05, 0) is 30.9 Å². The van der Waals surface area contributed by atoms with E-state index in [0.29, 0.717) is 13.0 Å². The normalized spacial score (nSPS) is 22.1. The summed E-state index contributed by atoms with van der Waals surface area (Å²) in [6, 6.07) is 11.3. The summed E-state index contributed by atoms with van der Waals surface area (Å²) < 4.78 is 0. The van der Waals surface area contributed by atoms with Crippen LogP contribution in [0.1, 0.15) is 28.6 Å². The number of hydrogen-bond acceptors (Lipinski definition) is 3. The van der Waals surface area contributed by atoms with Crippen molar-refractivity contribution in [1.82, 2.24) is 0 Å². The van der Waals surface area contributed by atoms with Crippen LogP contribution in [0.25, 0.3) is 0 Å². The topological polar surface area (TPSA) is 40.5 Å². The van der Waals surface area contributed by atoms with E-state index < -0.39 is 5.60 Å². The first-order valence-electron chi connectivity index (χ1n) is 6.27. The van der Waals surface area contributed by atoms with Crippen molar-refractivity contribution in [2.24, 2.45) is 0 Å². The molecule has 1 N–H and O–H groups in total. The maximum Gasteiger partial charge on any atom is 0.268 e. The number of carbonyl (C=O) groups excluding carboxylic acids is 1. The zero-order valence-corrected chi connectivity index (χ0v) is 11.5. The SMILES string of the molecule is CC1(O)CCN(C(=O)c2cccs2)c2ccccc21. The van der Waals surface area contributed by atoms with Crippen molar-refractivity contribution in [2.75, 3.05) is 11.4 Å². The number of aliphatic hydroxyl groups is 1. The smallest absolute Gasteiger partial charge is 0.268 e. The lowest BCUT2D eigenvalue weighted by molar-refractivity contribution is 0.0450. The predicted molar refractivity (Wildman–Crippen MR) is 76.6 cm³/mol. The van der Waals surface area contributed by atoms with Gasteiger partial charge in [-0.3, -0.25) is 4.79 Å². The van der Waals surface area contributed by atoms with E-state index in [1.165, 1.54) is 11.3 Å². The van der Waals surface area contributed by atoms with Crippen molar-refractivity contribution in [1.29, 1.82) is 0 Å². The maximum atomic E-state index is 12.5. The lowest BCUT2D eigenvalue weighted by Gasteiger charge is -2.37. The average Bonchev–Trinajstić information content (AvgIpc) is 2.92. The van der Waals surface area contributed by atoms with Crippen LogP contribution in [0.5, 0.6) is 0 Å². The molecule has 0 fully saturated rings. The van der Waals surface area contributed by atoms with E-state index in [-0.39, 0.29) is 5.91 Å². The first-order chi connectivity index (χ1) is 9.09. The molecular weight excluding hydrogens is 258 g/mol. The highest BCUT2D eigenvalue weighted by atomic mass is 32.1. The number of benzene rings is 1. The van der Waals surface area contributed by atoms with Gasteiger partial charge in [-0.15, -0.1) is 11.3 Å². The zero-order chi connectivity index (χ0) is 13.5. The molecule has 19 heavy (non-hydrogen) atoms. The molecule has 3 rings (SSSR count). The third-order valence-electron chi connectivity index (χ3n) is 3.57.